The average Bonchev–Trinajstić information content (AvgIpc) is 2.10. The number of carbonyl (C=O) groups excluding carboxylic acids is 2. The number of halogens is 3. The molecule has 0 aromatic carbocycles. The maximum Gasteiger partial charge on any atom is 0.471 e. The Morgan fingerprint density at radius 1 is 1.50 bits per heavy atom. The zero-order valence-corrected chi connectivity index (χ0v) is 7.09. The van der Waals surface area contributed by atoms with Gasteiger partial charge in [0, 0.05) is 0 Å². The second-order valence-electron chi connectivity index (χ2n) is 2.25. The highest BCUT2D eigenvalue weighted by molar-refractivity contribution is 5.82. The van der Waals surface area contributed by atoms with Crippen molar-refractivity contribution in [2.24, 2.45) is 0 Å². The summed E-state index contributed by atoms with van der Waals surface area (Å²) >= 11 is 0. The highest BCUT2D eigenvalue weighted by atomic mass is 19.4. The van der Waals surface area contributed by atoms with Crippen LogP contribution >= 0.6 is 0 Å². The van der Waals surface area contributed by atoms with E-state index in [1.54, 1.807) is 0 Å². The second-order valence-corrected chi connectivity index (χ2v) is 2.25. The van der Waals surface area contributed by atoms with E-state index in [9.17, 15) is 22.8 Å². The van der Waals surface area contributed by atoms with Crippen molar-refractivity contribution >= 4 is 11.9 Å². The lowest BCUT2D eigenvalue weighted by molar-refractivity contribution is -0.174. The predicted octanol–water partition coefficient (Wildman–Crippen LogP) is -0.801. The standard InChI is InChI=1S/C6H8F3NO4/c1-14-4(12)3(11)2-10-5(13)6(7,8)9/h3,11H,2H2,1H3,(H,10,13). The molecule has 0 fully saturated rings. The third-order valence-electron chi connectivity index (χ3n) is 1.19. The van der Waals surface area contributed by atoms with Gasteiger partial charge in [-0.3, -0.25) is 4.79 Å². The molecule has 0 aromatic heterocycles. The Morgan fingerprint density at radius 2 is 2.00 bits per heavy atom. The van der Waals surface area contributed by atoms with Gasteiger partial charge in [-0.1, -0.05) is 0 Å². The molecule has 0 bridgehead atoms. The number of hydrogen-bond donors (Lipinski definition) is 2. The molecule has 0 rings (SSSR count). The molecule has 0 saturated carbocycles. The van der Waals surface area contributed by atoms with Crippen LogP contribution in [0.4, 0.5) is 13.2 Å². The normalized spacial score (nSPS) is 13.2. The maximum atomic E-state index is 11.6. The predicted molar refractivity (Wildman–Crippen MR) is 37.1 cm³/mol. The third kappa shape index (κ3) is 4.08. The van der Waals surface area contributed by atoms with Crippen molar-refractivity contribution in [3.8, 4) is 0 Å². The fraction of sp³-hybridized carbons (Fsp3) is 0.667. The summed E-state index contributed by atoms with van der Waals surface area (Å²) in [5.41, 5.74) is 0. The quantitative estimate of drug-likeness (QED) is 0.604. The Labute approximate surface area is 76.8 Å². The largest absolute Gasteiger partial charge is 0.471 e. The Kier molecular flexibility index (Phi) is 4.35. The molecule has 0 radical (unpaired) electrons. The molecule has 82 valence electrons. The molecular weight excluding hydrogens is 207 g/mol. The van der Waals surface area contributed by atoms with Gasteiger partial charge in [-0.25, -0.2) is 4.79 Å². The van der Waals surface area contributed by atoms with Gasteiger partial charge >= 0.3 is 18.1 Å². The van der Waals surface area contributed by atoms with Crippen molar-refractivity contribution in [2.45, 2.75) is 12.3 Å². The van der Waals surface area contributed by atoms with Crippen LogP contribution in [0.3, 0.4) is 0 Å². The van der Waals surface area contributed by atoms with E-state index < -0.39 is 30.7 Å². The smallest absolute Gasteiger partial charge is 0.467 e. The number of rotatable bonds is 3. The highest BCUT2D eigenvalue weighted by Gasteiger charge is 2.38. The maximum absolute atomic E-state index is 11.6. The highest BCUT2D eigenvalue weighted by Crippen LogP contribution is 2.13. The van der Waals surface area contributed by atoms with Crippen molar-refractivity contribution in [3.63, 3.8) is 0 Å². The summed E-state index contributed by atoms with van der Waals surface area (Å²) in [4.78, 5) is 20.6. The summed E-state index contributed by atoms with van der Waals surface area (Å²) in [6, 6.07) is 0. The van der Waals surface area contributed by atoms with E-state index in [1.807, 2.05) is 0 Å². The zero-order chi connectivity index (χ0) is 11.4. The number of esters is 1. The monoisotopic (exact) mass is 215 g/mol. The van der Waals surface area contributed by atoms with Crippen LogP contribution in [0.1, 0.15) is 0 Å². The summed E-state index contributed by atoms with van der Waals surface area (Å²) in [6.45, 7) is -0.842. The fourth-order valence-corrected chi connectivity index (χ4v) is 0.509. The van der Waals surface area contributed by atoms with Gasteiger partial charge in [0.25, 0.3) is 0 Å². The van der Waals surface area contributed by atoms with Crippen LogP contribution in [0, 0.1) is 0 Å². The van der Waals surface area contributed by atoms with E-state index in [0.717, 1.165) is 7.11 Å². The molecule has 0 saturated heterocycles. The molecule has 0 aromatic rings. The van der Waals surface area contributed by atoms with Crippen molar-refractivity contribution in [1.29, 1.82) is 0 Å². The number of nitrogens with one attached hydrogen (secondary N) is 1. The minimum absolute atomic E-state index is 0.842. The first-order valence-corrected chi connectivity index (χ1v) is 3.40. The summed E-state index contributed by atoms with van der Waals surface area (Å²) in [5.74, 6) is -3.34. The Balaban J connectivity index is 3.96. The summed E-state index contributed by atoms with van der Waals surface area (Å²) in [6.07, 6.45) is -6.83. The molecule has 1 amide bonds. The van der Waals surface area contributed by atoms with Crippen molar-refractivity contribution < 1.29 is 32.6 Å². The molecule has 1 atom stereocenters. The summed E-state index contributed by atoms with van der Waals surface area (Å²) in [7, 11) is 0.955. The van der Waals surface area contributed by atoms with Gasteiger partial charge in [-0.05, 0) is 0 Å². The van der Waals surface area contributed by atoms with E-state index in [4.69, 9.17) is 5.11 Å². The summed E-state index contributed by atoms with van der Waals surface area (Å²) < 4.78 is 38.7. The minimum atomic E-state index is -5.03. The van der Waals surface area contributed by atoms with Gasteiger partial charge in [-0.2, -0.15) is 13.2 Å². The van der Waals surface area contributed by atoms with E-state index in [-0.39, 0.29) is 0 Å². The first-order valence-electron chi connectivity index (χ1n) is 3.40. The molecule has 0 heterocycles. The van der Waals surface area contributed by atoms with E-state index >= 15 is 0 Å². The zero-order valence-electron chi connectivity index (χ0n) is 7.09. The van der Waals surface area contributed by atoms with Crippen LogP contribution in [-0.4, -0.2) is 42.9 Å². The van der Waals surface area contributed by atoms with Crippen LogP contribution in [0.2, 0.25) is 0 Å². The molecule has 5 nitrogen and oxygen atoms in total. The number of ether oxygens (including phenoxy) is 1. The first kappa shape index (κ1) is 12.7. The Morgan fingerprint density at radius 3 is 2.36 bits per heavy atom. The Hall–Kier alpha value is -1.31. The number of hydrogen-bond acceptors (Lipinski definition) is 4. The Bertz CT molecular complexity index is 228. The molecule has 1 unspecified atom stereocenters. The molecule has 0 spiro atoms. The number of alkyl halides is 3. The number of amides is 1. The minimum Gasteiger partial charge on any atom is -0.467 e. The van der Waals surface area contributed by atoms with Crippen LogP contribution in [0.25, 0.3) is 0 Å². The van der Waals surface area contributed by atoms with Crippen molar-refractivity contribution in [2.75, 3.05) is 13.7 Å². The van der Waals surface area contributed by atoms with Crippen LogP contribution in [0.15, 0.2) is 0 Å². The van der Waals surface area contributed by atoms with Gasteiger partial charge in [0.2, 0.25) is 0 Å². The number of aliphatic hydroxyl groups excluding tert-OH is 1. The third-order valence-corrected chi connectivity index (χ3v) is 1.19. The molecule has 2 N–H and O–H groups in total. The van der Waals surface area contributed by atoms with Crippen LogP contribution in [0.5, 0.6) is 0 Å². The number of aliphatic hydroxyl groups is 1. The summed E-state index contributed by atoms with van der Waals surface area (Å²) in [5, 5.41) is 10.1. The van der Waals surface area contributed by atoms with E-state index in [0.29, 0.717) is 0 Å². The molecule has 8 heteroatoms. The van der Waals surface area contributed by atoms with Gasteiger partial charge in [0.15, 0.2) is 6.10 Å². The number of carbonyl (C=O) groups is 2. The lowest BCUT2D eigenvalue weighted by Gasteiger charge is -2.10. The van der Waals surface area contributed by atoms with Crippen LogP contribution < -0.4 is 5.32 Å². The van der Waals surface area contributed by atoms with Gasteiger partial charge in [-0.15, -0.1) is 0 Å². The van der Waals surface area contributed by atoms with Crippen molar-refractivity contribution in [1.82, 2.24) is 5.32 Å². The van der Waals surface area contributed by atoms with Gasteiger partial charge in [0.05, 0.1) is 13.7 Å². The molecule has 14 heavy (non-hydrogen) atoms. The lowest BCUT2D eigenvalue weighted by Crippen LogP contribution is -2.43. The van der Waals surface area contributed by atoms with E-state index in [1.165, 1.54) is 5.32 Å². The number of methoxy groups -OCH3 is 1. The molecule has 0 aliphatic carbocycles. The van der Waals surface area contributed by atoms with Crippen molar-refractivity contribution in [3.05, 3.63) is 0 Å². The van der Waals surface area contributed by atoms with Crippen LogP contribution in [-0.2, 0) is 14.3 Å². The molecule has 0 aliphatic heterocycles. The fourth-order valence-electron chi connectivity index (χ4n) is 0.509. The lowest BCUT2D eigenvalue weighted by atomic mass is 10.3. The molecule has 0 aliphatic rings. The SMILES string of the molecule is COC(=O)C(O)CNC(=O)C(F)(F)F. The van der Waals surface area contributed by atoms with Gasteiger partial charge in [0.1, 0.15) is 0 Å². The topological polar surface area (TPSA) is 75.6 Å². The average molecular weight is 215 g/mol. The van der Waals surface area contributed by atoms with E-state index in [2.05, 4.69) is 4.74 Å². The first-order chi connectivity index (χ1) is 6.29. The molecular formula is C6H8F3NO4. The van der Waals surface area contributed by atoms with Gasteiger partial charge < -0.3 is 15.2 Å². The second kappa shape index (κ2) is 4.80.